The summed E-state index contributed by atoms with van der Waals surface area (Å²) >= 11 is 0. The van der Waals surface area contributed by atoms with Crippen molar-refractivity contribution in [2.75, 3.05) is 30.7 Å². The fourth-order valence-electron chi connectivity index (χ4n) is 4.11. The molecule has 5 rings (SSSR count). The van der Waals surface area contributed by atoms with Gasteiger partial charge < -0.3 is 24.6 Å². The molecule has 2 aromatic heterocycles. The maximum absolute atomic E-state index is 11.6. The Hall–Kier alpha value is -3.46. The highest BCUT2D eigenvalue weighted by Crippen LogP contribution is 2.27. The zero-order valence-corrected chi connectivity index (χ0v) is 17.3. The summed E-state index contributed by atoms with van der Waals surface area (Å²) in [5, 5.41) is 3.41. The summed E-state index contributed by atoms with van der Waals surface area (Å²) in [6.07, 6.45) is 1.95. The Morgan fingerprint density at radius 3 is 2.87 bits per heavy atom. The zero-order chi connectivity index (χ0) is 21.4. The SMILES string of the molecule is CCOc1cc(CN2CCC(Nc3nc4cc(N)ccc4o3)CC2)cc2oc(=O)[nH]c12. The number of nitrogens with two attached hydrogens (primary N) is 1. The van der Waals surface area contributed by atoms with Gasteiger partial charge >= 0.3 is 5.76 Å². The summed E-state index contributed by atoms with van der Waals surface area (Å²) < 4.78 is 16.7. The first kappa shape index (κ1) is 19.5. The Labute approximate surface area is 178 Å². The number of benzene rings is 2. The number of ether oxygens (including phenoxy) is 1. The van der Waals surface area contributed by atoms with E-state index in [1.807, 2.05) is 37.3 Å². The van der Waals surface area contributed by atoms with Crippen LogP contribution in [0.2, 0.25) is 0 Å². The zero-order valence-electron chi connectivity index (χ0n) is 17.3. The number of hydrogen-bond acceptors (Lipinski definition) is 8. The van der Waals surface area contributed by atoms with Crippen molar-refractivity contribution in [3.05, 3.63) is 46.4 Å². The molecule has 1 saturated heterocycles. The quantitative estimate of drug-likeness (QED) is 0.404. The van der Waals surface area contributed by atoms with Crippen LogP contribution in [0.3, 0.4) is 0 Å². The lowest BCUT2D eigenvalue weighted by atomic mass is 10.0. The van der Waals surface area contributed by atoms with Crippen LogP contribution >= 0.6 is 0 Å². The molecule has 0 unspecified atom stereocenters. The highest BCUT2D eigenvalue weighted by Gasteiger charge is 2.21. The third-order valence-electron chi connectivity index (χ3n) is 5.59. The van der Waals surface area contributed by atoms with E-state index in [0.29, 0.717) is 41.2 Å². The maximum Gasteiger partial charge on any atom is 0.417 e. The van der Waals surface area contributed by atoms with E-state index in [1.54, 1.807) is 0 Å². The fraction of sp³-hybridized carbons (Fsp3) is 0.364. The number of aromatic nitrogens is 2. The Bertz CT molecular complexity index is 1270. The molecule has 4 N–H and O–H groups in total. The van der Waals surface area contributed by atoms with Crippen molar-refractivity contribution in [1.82, 2.24) is 14.9 Å². The minimum atomic E-state index is -0.470. The van der Waals surface area contributed by atoms with Crippen LogP contribution in [0.25, 0.3) is 22.2 Å². The van der Waals surface area contributed by atoms with Gasteiger partial charge in [-0.15, -0.1) is 0 Å². The number of oxazole rings is 2. The molecule has 162 valence electrons. The van der Waals surface area contributed by atoms with Gasteiger partial charge in [0, 0.05) is 31.4 Å². The van der Waals surface area contributed by atoms with Gasteiger partial charge in [-0.1, -0.05) is 0 Å². The molecule has 0 radical (unpaired) electrons. The molecule has 1 aliphatic rings. The van der Waals surface area contributed by atoms with Gasteiger partial charge in [0.2, 0.25) is 0 Å². The van der Waals surface area contributed by atoms with Gasteiger partial charge in [0.05, 0.1) is 6.61 Å². The van der Waals surface area contributed by atoms with Crippen LogP contribution in [-0.2, 0) is 6.54 Å². The highest BCUT2D eigenvalue weighted by atomic mass is 16.5. The minimum absolute atomic E-state index is 0.297. The van der Waals surface area contributed by atoms with Crippen LogP contribution in [0.1, 0.15) is 25.3 Å². The third-order valence-corrected chi connectivity index (χ3v) is 5.59. The Morgan fingerprint density at radius 1 is 1.23 bits per heavy atom. The topological polar surface area (TPSA) is 123 Å². The molecule has 0 saturated carbocycles. The lowest BCUT2D eigenvalue weighted by molar-refractivity contribution is 0.210. The van der Waals surface area contributed by atoms with Crippen molar-refractivity contribution >= 4 is 33.9 Å². The molecule has 1 aliphatic heterocycles. The lowest BCUT2D eigenvalue weighted by Gasteiger charge is -2.32. The summed E-state index contributed by atoms with van der Waals surface area (Å²) in [6.45, 7) is 5.07. The number of nitrogens with one attached hydrogen (secondary N) is 2. The number of H-pyrrole nitrogens is 1. The number of hydrogen-bond donors (Lipinski definition) is 3. The smallest absolute Gasteiger partial charge is 0.417 e. The molecule has 3 heterocycles. The number of likely N-dealkylation sites (tertiary alicyclic amines) is 1. The van der Waals surface area contributed by atoms with E-state index in [4.69, 9.17) is 19.3 Å². The van der Waals surface area contributed by atoms with Crippen molar-refractivity contribution < 1.29 is 13.6 Å². The van der Waals surface area contributed by atoms with E-state index in [0.717, 1.165) is 49.1 Å². The largest absolute Gasteiger partial charge is 0.492 e. The third kappa shape index (κ3) is 4.09. The van der Waals surface area contributed by atoms with E-state index in [1.165, 1.54) is 0 Å². The molecule has 2 aromatic carbocycles. The Morgan fingerprint density at radius 2 is 2.06 bits per heavy atom. The van der Waals surface area contributed by atoms with E-state index in [2.05, 4.69) is 20.2 Å². The molecule has 0 atom stereocenters. The second kappa shape index (κ2) is 7.99. The number of anilines is 2. The first-order chi connectivity index (χ1) is 15.1. The van der Waals surface area contributed by atoms with E-state index >= 15 is 0 Å². The molecular weight excluding hydrogens is 398 g/mol. The molecular formula is C22H25N5O4. The molecule has 9 heteroatoms. The van der Waals surface area contributed by atoms with Gasteiger partial charge in [-0.05, 0) is 55.7 Å². The van der Waals surface area contributed by atoms with E-state index in [9.17, 15) is 4.79 Å². The summed E-state index contributed by atoms with van der Waals surface area (Å²) in [6, 6.07) is 10.2. The highest BCUT2D eigenvalue weighted by molar-refractivity contribution is 5.80. The summed E-state index contributed by atoms with van der Waals surface area (Å²) in [5.74, 6) is 0.177. The van der Waals surface area contributed by atoms with E-state index < -0.39 is 5.76 Å². The second-order valence-electron chi connectivity index (χ2n) is 7.86. The summed E-state index contributed by atoms with van der Waals surface area (Å²) in [5.41, 5.74) is 10.2. The lowest BCUT2D eigenvalue weighted by Crippen LogP contribution is -2.38. The standard InChI is InChI=1S/C22H25N5O4/c1-2-29-18-9-13(10-19-20(18)26-22(28)31-19)12-27-7-5-15(6-8-27)24-21-25-16-11-14(23)3-4-17(16)30-21/h3-4,9-11,15H,2,5-8,12,23H2,1H3,(H,24,25)(H,26,28). The van der Waals surface area contributed by atoms with Crippen molar-refractivity contribution in [2.24, 2.45) is 0 Å². The number of rotatable bonds is 6. The Balaban J connectivity index is 1.23. The van der Waals surface area contributed by atoms with Gasteiger partial charge in [0.1, 0.15) is 16.8 Å². The van der Waals surface area contributed by atoms with Crippen molar-refractivity contribution in [3.8, 4) is 5.75 Å². The average Bonchev–Trinajstić information content (AvgIpc) is 3.31. The first-order valence-corrected chi connectivity index (χ1v) is 10.5. The first-order valence-electron chi connectivity index (χ1n) is 10.5. The number of nitrogen functional groups attached to an aromatic ring is 1. The van der Waals surface area contributed by atoms with Gasteiger partial charge in [0.25, 0.3) is 6.01 Å². The monoisotopic (exact) mass is 423 g/mol. The normalized spacial score (nSPS) is 15.6. The van der Waals surface area contributed by atoms with Crippen molar-refractivity contribution in [1.29, 1.82) is 0 Å². The molecule has 1 fully saturated rings. The predicted molar refractivity (Wildman–Crippen MR) is 118 cm³/mol. The van der Waals surface area contributed by atoms with E-state index in [-0.39, 0.29) is 0 Å². The number of fused-ring (bicyclic) bond motifs is 2. The number of aromatic amines is 1. The second-order valence-corrected chi connectivity index (χ2v) is 7.86. The van der Waals surface area contributed by atoms with Crippen molar-refractivity contribution in [3.63, 3.8) is 0 Å². The molecule has 4 aromatic rings. The van der Waals surface area contributed by atoms with Crippen LogP contribution in [0.4, 0.5) is 11.7 Å². The van der Waals surface area contributed by atoms with Crippen LogP contribution < -0.4 is 21.5 Å². The van der Waals surface area contributed by atoms with Gasteiger partial charge in [0.15, 0.2) is 11.2 Å². The summed E-state index contributed by atoms with van der Waals surface area (Å²) in [7, 11) is 0. The maximum atomic E-state index is 11.6. The van der Waals surface area contributed by atoms with Crippen molar-refractivity contribution in [2.45, 2.75) is 32.4 Å². The average molecular weight is 423 g/mol. The molecule has 31 heavy (non-hydrogen) atoms. The molecule has 0 bridgehead atoms. The fourth-order valence-corrected chi connectivity index (χ4v) is 4.11. The molecule has 0 spiro atoms. The number of piperidine rings is 1. The van der Waals surface area contributed by atoms with Gasteiger partial charge in [-0.3, -0.25) is 9.88 Å². The Kier molecular flexibility index (Phi) is 5.03. The minimum Gasteiger partial charge on any atom is -0.492 e. The van der Waals surface area contributed by atoms with Crippen LogP contribution in [0, 0.1) is 0 Å². The van der Waals surface area contributed by atoms with Crippen LogP contribution in [0.5, 0.6) is 5.75 Å². The van der Waals surface area contributed by atoms with Gasteiger partial charge in [-0.2, -0.15) is 4.98 Å². The number of nitrogens with zero attached hydrogens (tertiary/aromatic N) is 2. The van der Waals surface area contributed by atoms with Crippen LogP contribution in [-0.4, -0.2) is 40.6 Å². The molecule has 9 nitrogen and oxygen atoms in total. The predicted octanol–water partition coefficient (Wildman–Crippen LogP) is 3.32. The summed E-state index contributed by atoms with van der Waals surface area (Å²) in [4.78, 5) is 21.2. The molecule has 0 aliphatic carbocycles. The van der Waals surface area contributed by atoms with Crippen LogP contribution in [0.15, 0.2) is 44.0 Å². The van der Waals surface area contributed by atoms with Gasteiger partial charge in [-0.25, -0.2) is 4.79 Å². The molecule has 0 amide bonds.